The second kappa shape index (κ2) is 9.64. The largest absolute Gasteiger partial charge is 0.466 e. The van der Waals surface area contributed by atoms with Crippen molar-refractivity contribution in [3.8, 4) is 0 Å². The van der Waals surface area contributed by atoms with Gasteiger partial charge in [0.15, 0.2) is 0 Å². The molecule has 0 heterocycles. The van der Waals surface area contributed by atoms with Crippen molar-refractivity contribution in [2.75, 3.05) is 13.2 Å². The Kier molecular flexibility index (Phi) is 9.06. The number of amides is 1. The molecule has 0 rings (SSSR count). The van der Waals surface area contributed by atoms with Gasteiger partial charge in [-0.05, 0) is 41.0 Å². The monoisotopic (exact) mass is 301 g/mol. The third kappa shape index (κ3) is 7.34. The van der Waals surface area contributed by atoms with Crippen LogP contribution in [0.4, 0.5) is 4.79 Å². The highest BCUT2D eigenvalue weighted by atomic mass is 16.6. The molecule has 124 valence electrons. The van der Waals surface area contributed by atoms with Crippen LogP contribution in [0.3, 0.4) is 0 Å². The Bertz CT molecular complexity index is 323. The van der Waals surface area contributed by atoms with E-state index in [0.29, 0.717) is 13.2 Å². The second-order valence-corrected chi connectivity index (χ2v) is 6.04. The third-order valence-corrected chi connectivity index (χ3v) is 3.15. The first-order valence-electron chi connectivity index (χ1n) is 7.89. The molecule has 0 saturated heterocycles. The maximum Gasteiger partial charge on any atom is 0.410 e. The van der Waals surface area contributed by atoms with Gasteiger partial charge < -0.3 is 9.47 Å². The van der Waals surface area contributed by atoms with Crippen molar-refractivity contribution in [1.82, 2.24) is 4.90 Å². The zero-order chi connectivity index (χ0) is 16.5. The molecular formula is C16H31NO4. The van der Waals surface area contributed by atoms with Crippen molar-refractivity contribution in [3.05, 3.63) is 0 Å². The van der Waals surface area contributed by atoms with E-state index in [1.807, 2.05) is 20.8 Å². The van der Waals surface area contributed by atoms with E-state index in [4.69, 9.17) is 9.47 Å². The summed E-state index contributed by atoms with van der Waals surface area (Å²) in [5.74, 6) is -0.267. The molecule has 1 atom stereocenters. The van der Waals surface area contributed by atoms with Crippen molar-refractivity contribution in [1.29, 1.82) is 0 Å². The fraction of sp³-hybridized carbons (Fsp3) is 0.875. The summed E-state index contributed by atoms with van der Waals surface area (Å²) in [6.45, 7) is 12.2. The third-order valence-electron chi connectivity index (χ3n) is 3.15. The van der Waals surface area contributed by atoms with Crippen molar-refractivity contribution in [2.24, 2.45) is 0 Å². The van der Waals surface area contributed by atoms with Crippen molar-refractivity contribution >= 4 is 12.1 Å². The first kappa shape index (κ1) is 19.7. The standard InChI is InChI=1S/C16H31NO4/c1-7-10-11-13(12-14(18)20-8-2)17(16(4,5)6)15(19)21-9-3/h13H,7-12H2,1-6H3. The first-order chi connectivity index (χ1) is 9.77. The lowest BCUT2D eigenvalue weighted by molar-refractivity contribution is -0.144. The number of rotatable bonds is 8. The summed E-state index contributed by atoms with van der Waals surface area (Å²) in [5.41, 5.74) is -0.406. The zero-order valence-electron chi connectivity index (χ0n) is 14.4. The van der Waals surface area contributed by atoms with Crippen LogP contribution in [0.25, 0.3) is 0 Å². The lowest BCUT2D eigenvalue weighted by Gasteiger charge is -2.40. The first-order valence-corrected chi connectivity index (χ1v) is 7.89. The van der Waals surface area contributed by atoms with Crippen LogP contribution in [0.15, 0.2) is 0 Å². The Morgan fingerprint density at radius 2 is 1.62 bits per heavy atom. The van der Waals surface area contributed by atoms with Crippen molar-refractivity contribution in [3.63, 3.8) is 0 Å². The summed E-state index contributed by atoms with van der Waals surface area (Å²) in [7, 11) is 0. The number of ether oxygens (including phenoxy) is 2. The summed E-state index contributed by atoms with van der Waals surface area (Å²) in [6, 6.07) is -0.192. The number of hydrogen-bond donors (Lipinski definition) is 0. The summed E-state index contributed by atoms with van der Waals surface area (Å²) < 4.78 is 10.2. The minimum absolute atomic E-state index is 0.192. The molecule has 5 nitrogen and oxygen atoms in total. The Balaban J connectivity index is 5.16. The van der Waals surface area contributed by atoms with E-state index in [2.05, 4.69) is 6.92 Å². The van der Waals surface area contributed by atoms with Gasteiger partial charge in [0, 0.05) is 11.6 Å². The minimum Gasteiger partial charge on any atom is -0.466 e. The molecule has 0 saturated carbocycles. The van der Waals surface area contributed by atoms with Crippen LogP contribution in [-0.2, 0) is 14.3 Å². The van der Waals surface area contributed by atoms with Crippen LogP contribution in [-0.4, -0.2) is 41.8 Å². The SMILES string of the molecule is CCCCC(CC(=O)OCC)N(C(=O)OCC)C(C)(C)C. The van der Waals surface area contributed by atoms with Crippen LogP contribution in [0.5, 0.6) is 0 Å². The molecule has 0 fully saturated rings. The number of carbonyl (C=O) groups excluding carboxylic acids is 2. The van der Waals surface area contributed by atoms with Gasteiger partial charge in [-0.2, -0.15) is 0 Å². The number of nitrogens with zero attached hydrogens (tertiary/aromatic N) is 1. The molecule has 5 heteroatoms. The Hall–Kier alpha value is -1.26. The smallest absolute Gasteiger partial charge is 0.410 e. The van der Waals surface area contributed by atoms with Crippen LogP contribution >= 0.6 is 0 Å². The highest BCUT2D eigenvalue weighted by Gasteiger charge is 2.35. The topological polar surface area (TPSA) is 55.8 Å². The van der Waals surface area contributed by atoms with Gasteiger partial charge in [0.2, 0.25) is 0 Å². The maximum absolute atomic E-state index is 12.3. The fourth-order valence-corrected chi connectivity index (χ4v) is 2.34. The van der Waals surface area contributed by atoms with Gasteiger partial charge >= 0.3 is 12.1 Å². The molecule has 0 aromatic heterocycles. The van der Waals surface area contributed by atoms with Gasteiger partial charge in [-0.3, -0.25) is 9.69 Å². The molecule has 0 N–H and O–H groups in total. The summed E-state index contributed by atoms with van der Waals surface area (Å²) in [6.07, 6.45) is 2.58. The molecule has 0 aromatic rings. The van der Waals surface area contributed by atoms with E-state index in [9.17, 15) is 9.59 Å². The minimum atomic E-state index is -0.406. The van der Waals surface area contributed by atoms with E-state index in [-0.39, 0.29) is 24.5 Å². The predicted molar refractivity (Wildman–Crippen MR) is 83.2 cm³/mol. The van der Waals surface area contributed by atoms with Crippen LogP contribution in [0.1, 0.15) is 67.2 Å². The lowest BCUT2D eigenvalue weighted by atomic mass is 9.98. The lowest BCUT2D eigenvalue weighted by Crippen LogP contribution is -2.52. The quantitative estimate of drug-likeness (QED) is 0.641. The average molecular weight is 301 g/mol. The highest BCUT2D eigenvalue weighted by Crippen LogP contribution is 2.24. The van der Waals surface area contributed by atoms with E-state index >= 15 is 0 Å². The van der Waals surface area contributed by atoms with Gasteiger partial charge in [-0.25, -0.2) is 4.79 Å². The number of hydrogen-bond acceptors (Lipinski definition) is 4. The van der Waals surface area contributed by atoms with Gasteiger partial charge in [-0.1, -0.05) is 19.8 Å². The summed E-state index contributed by atoms with van der Waals surface area (Å²) >= 11 is 0. The van der Waals surface area contributed by atoms with Crippen molar-refractivity contribution in [2.45, 2.75) is 78.8 Å². The van der Waals surface area contributed by atoms with Gasteiger partial charge in [0.05, 0.1) is 19.6 Å². The number of carbonyl (C=O) groups is 2. The number of unbranched alkanes of at least 4 members (excludes halogenated alkanes) is 1. The highest BCUT2D eigenvalue weighted by molar-refractivity contribution is 5.73. The molecule has 21 heavy (non-hydrogen) atoms. The molecule has 1 amide bonds. The van der Waals surface area contributed by atoms with E-state index in [1.165, 1.54) is 0 Å². The predicted octanol–water partition coefficient (Wildman–Crippen LogP) is 3.76. The summed E-state index contributed by atoms with van der Waals surface area (Å²) in [4.78, 5) is 25.8. The molecule has 0 aliphatic carbocycles. The van der Waals surface area contributed by atoms with Crippen LogP contribution in [0.2, 0.25) is 0 Å². The molecule has 0 bridgehead atoms. The van der Waals surface area contributed by atoms with E-state index in [0.717, 1.165) is 19.3 Å². The Morgan fingerprint density at radius 1 is 1.05 bits per heavy atom. The zero-order valence-corrected chi connectivity index (χ0v) is 14.4. The van der Waals surface area contributed by atoms with E-state index in [1.54, 1.807) is 18.7 Å². The van der Waals surface area contributed by atoms with Gasteiger partial charge in [0.25, 0.3) is 0 Å². The molecule has 1 unspecified atom stereocenters. The molecule has 0 radical (unpaired) electrons. The Morgan fingerprint density at radius 3 is 2.05 bits per heavy atom. The summed E-state index contributed by atoms with van der Waals surface area (Å²) in [5, 5.41) is 0. The average Bonchev–Trinajstić information content (AvgIpc) is 2.34. The Labute approximate surface area is 129 Å². The van der Waals surface area contributed by atoms with E-state index < -0.39 is 5.54 Å². The number of esters is 1. The maximum atomic E-state index is 12.3. The van der Waals surface area contributed by atoms with Crippen LogP contribution in [0, 0.1) is 0 Å². The van der Waals surface area contributed by atoms with Gasteiger partial charge in [-0.15, -0.1) is 0 Å². The molecule has 0 aromatic carbocycles. The van der Waals surface area contributed by atoms with Crippen molar-refractivity contribution < 1.29 is 19.1 Å². The van der Waals surface area contributed by atoms with Crippen LogP contribution < -0.4 is 0 Å². The molecular weight excluding hydrogens is 270 g/mol. The molecule has 0 aliphatic heterocycles. The fourth-order valence-electron chi connectivity index (χ4n) is 2.34. The second-order valence-electron chi connectivity index (χ2n) is 6.04. The normalized spacial score (nSPS) is 12.7. The van der Waals surface area contributed by atoms with Gasteiger partial charge in [0.1, 0.15) is 0 Å². The molecule has 0 aliphatic rings. The molecule has 0 spiro atoms.